The number of methoxy groups -OCH3 is 1. The van der Waals surface area contributed by atoms with Crippen molar-refractivity contribution in [2.45, 2.75) is 0 Å². The number of carboxylic acid groups (broad SMARTS) is 2. The van der Waals surface area contributed by atoms with Gasteiger partial charge in [-0.15, -0.1) is 0 Å². The molecule has 0 amide bonds. The SMILES string of the molecule is COC(=O)CN(CCN(CCN1CC(=O)OC(=O)C1)CC(=O)O)CC(=O)O. The fraction of sp³-hybridized carbons (Fsp3) is 0.667. The monoisotopic (exact) mass is 389 g/mol. The first kappa shape index (κ1) is 22.5. The van der Waals surface area contributed by atoms with Crippen LogP contribution in [0.15, 0.2) is 0 Å². The molecule has 12 nitrogen and oxygen atoms in total. The molecular weight excluding hydrogens is 366 g/mol. The fourth-order valence-electron chi connectivity index (χ4n) is 2.45. The number of carbonyl (C=O) groups excluding carboxylic acids is 3. The van der Waals surface area contributed by atoms with E-state index in [1.165, 1.54) is 21.8 Å². The van der Waals surface area contributed by atoms with Crippen LogP contribution in [0.25, 0.3) is 0 Å². The van der Waals surface area contributed by atoms with Gasteiger partial charge in [-0.1, -0.05) is 0 Å². The number of esters is 3. The molecular formula is C15H23N3O9. The first-order chi connectivity index (χ1) is 12.7. The minimum atomic E-state index is -1.13. The van der Waals surface area contributed by atoms with Gasteiger partial charge in [0.05, 0.1) is 39.8 Å². The van der Waals surface area contributed by atoms with Crippen molar-refractivity contribution in [3.05, 3.63) is 0 Å². The van der Waals surface area contributed by atoms with Crippen molar-refractivity contribution < 1.29 is 43.7 Å². The molecule has 0 atom stereocenters. The third kappa shape index (κ3) is 9.63. The molecule has 1 heterocycles. The summed E-state index contributed by atoms with van der Waals surface area (Å²) in [6.45, 7) is -0.321. The second-order valence-corrected chi connectivity index (χ2v) is 5.91. The van der Waals surface area contributed by atoms with Crippen LogP contribution >= 0.6 is 0 Å². The van der Waals surface area contributed by atoms with Crippen molar-refractivity contribution in [2.75, 3.05) is 66.0 Å². The highest BCUT2D eigenvalue weighted by Gasteiger charge is 2.25. The van der Waals surface area contributed by atoms with E-state index in [2.05, 4.69) is 9.47 Å². The Kier molecular flexibility index (Phi) is 9.33. The molecule has 0 aromatic carbocycles. The van der Waals surface area contributed by atoms with Gasteiger partial charge in [0.2, 0.25) is 0 Å². The number of morpholine rings is 1. The van der Waals surface area contributed by atoms with E-state index < -0.39 is 36.4 Å². The van der Waals surface area contributed by atoms with Crippen LogP contribution in [0.1, 0.15) is 0 Å². The second kappa shape index (κ2) is 11.2. The molecule has 0 aliphatic carbocycles. The molecule has 0 radical (unpaired) electrons. The molecule has 0 saturated carbocycles. The van der Waals surface area contributed by atoms with Crippen LogP contribution in [0, 0.1) is 0 Å². The molecule has 12 heteroatoms. The minimum absolute atomic E-state index is 0.0693. The van der Waals surface area contributed by atoms with E-state index >= 15 is 0 Å². The van der Waals surface area contributed by atoms with E-state index in [4.69, 9.17) is 10.2 Å². The van der Waals surface area contributed by atoms with E-state index in [9.17, 15) is 24.0 Å². The van der Waals surface area contributed by atoms with Crippen molar-refractivity contribution >= 4 is 29.8 Å². The number of carbonyl (C=O) groups is 5. The number of hydrogen-bond acceptors (Lipinski definition) is 10. The Morgan fingerprint density at radius 2 is 1.48 bits per heavy atom. The number of nitrogens with zero attached hydrogens (tertiary/aromatic N) is 3. The smallest absolute Gasteiger partial charge is 0.327 e. The molecule has 27 heavy (non-hydrogen) atoms. The summed E-state index contributed by atoms with van der Waals surface area (Å²) in [6, 6.07) is 0. The number of carboxylic acids is 2. The zero-order valence-corrected chi connectivity index (χ0v) is 15.0. The van der Waals surface area contributed by atoms with Crippen LogP contribution in [0.4, 0.5) is 0 Å². The maximum Gasteiger partial charge on any atom is 0.327 e. The van der Waals surface area contributed by atoms with Crippen molar-refractivity contribution in [2.24, 2.45) is 0 Å². The Balaban J connectivity index is 2.59. The van der Waals surface area contributed by atoms with Gasteiger partial charge in [-0.25, -0.2) is 0 Å². The number of rotatable bonds is 12. The first-order valence-electron chi connectivity index (χ1n) is 8.10. The lowest BCUT2D eigenvalue weighted by Gasteiger charge is -2.29. The van der Waals surface area contributed by atoms with E-state index in [-0.39, 0.29) is 52.4 Å². The Labute approximate surface area is 155 Å². The third-order valence-electron chi connectivity index (χ3n) is 3.70. The second-order valence-electron chi connectivity index (χ2n) is 5.91. The average Bonchev–Trinajstić information content (AvgIpc) is 2.55. The lowest BCUT2D eigenvalue weighted by molar-refractivity contribution is -0.167. The van der Waals surface area contributed by atoms with E-state index in [1.807, 2.05) is 0 Å². The summed E-state index contributed by atoms with van der Waals surface area (Å²) in [6.07, 6.45) is 0. The topological polar surface area (TPSA) is 154 Å². The quantitative estimate of drug-likeness (QED) is 0.264. The zero-order chi connectivity index (χ0) is 20.4. The lowest BCUT2D eigenvalue weighted by atomic mass is 10.3. The summed E-state index contributed by atoms with van der Waals surface area (Å²) < 4.78 is 8.94. The van der Waals surface area contributed by atoms with Crippen LogP contribution in [0.3, 0.4) is 0 Å². The predicted molar refractivity (Wildman–Crippen MR) is 87.7 cm³/mol. The van der Waals surface area contributed by atoms with Crippen LogP contribution in [-0.2, 0) is 33.4 Å². The van der Waals surface area contributed by atoms with Crippen LogP contribution in [0.5, 0.6) is 0 Å². The maximum absolute atomic E-state index is 11.4. The van der Waals surface area contributed by atoms with Crippen molar-refractivity contribution in [3.8, 4) is 0 Å². The highest BCUT2D eigenvalue weighted by Crippen LogP contribution is 2.01. The van der Waals surface area contributed by atoms with Gasteiger partial charge in [-0.3, -0.25) is 38.7 Å². The maximum atomic E-state index is 11.4. The van der Waals surface area contributed by atoms with Crippen LogP contribution < -0.4 is 0 Å². The Hall–Kier alpha value is -2.57. The molecule has 1 rings (SSSR count). The predicted octanol–water partition coefficient (Wildman–Crippen LogP) is -2.68. The van der Waals surface area contributed by atoms with E-state index in [0.717, 1.165) is 0 Å². The summed E-state index contributed by atoms with van der Waals surface area (Å²) in [5.74, 6) is -4.15. The molecule has 0 bridgehead atoms. The molecule has 1 aliphatic rings. The summed E-state index contributed by atoms with van der Waals surface area (Å²) >= 11 is 0. The van der Waals surface area contributed by atoms with E-state index in [0.29, 0.717) is 0 Å². The standard InChI is InChI=1S/C15H23N3O9/c1-26-13(23)8-17(7-12(21)22)4-2-16(6-11(19)20)3-5-18-9-14(24)27-15(25)10-18/h2-10H2,1H3,(H,19,20)(H,21,22). The Bertz CT molecular complexity index is 565. The van der Waals surface area contributed by atoms with Crippen molar-refractivity contribution in [1.82, 2.24) is 14.7 Å². The molecule has 0 aromatic heterocycles. The van der Waals surface area contributed by atoms with Crippen LogP contribution in [0.2, 0.25) is 0 Å². The minimum Gasteiger partial charge on any atom is -0.480 e. The number of ether oxygens (including phenoxy) is 2. The Morgan fingerprint density at radius 1 is 0.963 bits per heavy atom. The number of hydrogen-bond donors (Lipinski definition) is 2. The third-order valence-corrected chi connectivity index (χ3v) is 3.70. The van der Waals surface area contributed by atoms with Crippen molar-refractivity contribution in [1.29, 1.82) is 0 Å². The van der Waals surface area contributed by atoms with Gasteiger partial charge in [0, 0.05) is 26.2 Å². The number of aliphatic carboxylic acids is 2. The first-order valence-corrected chi connectivity index (χ1v) is 8.10. The normalized spacial score (nSPS) is 15.1. The summed E-state index contributed by atoms with van der Waals surface area (Å²) in [7, 11) is 1.18. The van der Waals surface area contributed by atoms with Crippen molar-refractivity contribution in [3.63, 3.8) is 0 Å². The highest BCUT2D eigenvalue weighted by atomic mass is 16.6. The number of cyclic esters (lactones) is 2. The fourth-order valence-corrected chi connectivity index (χ4v) is 2.45. The summed E-state index contributed by atoms with van der Waals surface area (Å²) in [5, 5.41) is 18.0. The highest BCUT2D eigenvalue weighted by molar-refractivity contribution is 5.90. The molecule has 0 unspecified atom stereocenters. The molecule has 1 fully saturated rings. The molecule has 1 aliphatic heterocycles. The summed E-state index contributed by atoms with van der Waals surface area (Å²) in [5.41, 5.74) is 0. The Morgan fingerprint density at radius 3 is 2.00 bits per heavy atom. The van der Waals surface area contributed by atoms with Gasteiger partial charge in [-0.2, -0.15) is 0 Å². The van der Waals surface area contributed by atoms with Gasteiger partial charge >= 0.3 is 29.8 Å². The lowest BCUT2D eigenvalue weighted by Crippen LogP contribution is -2.48. The van der Waals surface area contributed by atoms with Gasteiger partial charge < -0.3 is 19.7 Å². The average molecular weight is 389 g/mol. The van der Waals surface area contributed by atoms with Crippen LogP contribution in [-0.4, -0.2) is 121 Å². The van der Waals surface area contributed by atoms with Gasteiger partial charge in [-0.05, 0) is 0 Å². The zero-order valence-electron chi connectivity index (χ0n) is 15.0. The molecule has 1 saturated heterocycles. The summed E-state index contributed by atoms with van der Waals surface area (Å²) in [4.78, 5) is 60.2. The van der Waals surface area contributed by atoms with E-state index in [1.54, 1.807) is 0 Å². The largest absolute Gasteiger partial charge is 0.480 e. The molecule has 152 valence electrons. The van der Waals surface area contributed by atoms with Gasteiger partial charge in [0.15, 0.2) is 0 Å². The molecule has 0 spiro atoms. The van der Waals surface area contributed by atoms with Gasteiger partial charge in [0.25, 0.3) is 0 Å². The molecule has 2 N–H and O–H groups in total. The van der Waals surface area contributed by atoms with Gasteiger partial charge in [0.1, 0.15) is 0 Å². The molecule has 0 aromatic rings.